The van der Waals surface area contributed by atoms with Crippen LogP contribution in [0.25, 0.3) is 11.0 Å². The summed E-state index contributed by atoms with van der Waals surface area (Å²) >= 11 is 0. The third-order valence-corrected chi connectivity index (χ3v) is 3.86. The summed E-state index contributed by atoms with van der Waals surface area (Å²) < 4.78 is 10.9. The second-order valence-corrected chi connectivity index (χ2v) is 5.64. The molecule has 0 spiro atoms. The summed E-state index contributed by atoms with van der Waals surface area (Å²) in [5, 5.41) is 12.4. The number of hydrogen-bond donors (Lipinski definition) is 2. The summed E-state index contributed by atoms with van der Waals surface area (Å²) in [7, 11) is 0. The van der Waals surface area contributed by atoms with Crippen molar-refractivity contribution >= 4 is 16.9 Å². The number of aliphatic hydroxyl groups is 1. The number of ether oxygens (including phenoxy) is 1. The molecule has 0 aliphatic carbocycles. The number of nitrogens with one attached hydrogen (secondary N) is 1. The first-order valence-corrected chi connectivity index (χ1v) is 7.41. The monoisotopic (exact) mass is 319 g/mol. The lowest BCUT2D eigenvalue weighted by Gasteiger charge is -2.14. The highest BCUT2D eigenvalue weighted by Gasteiger charge is 2.14. The molecule has 23 heavy (non-hydrogen) atoms. The van der Waals surface area contributed by atoms with Crippen LogP contribution in [0.4, 0.5) is 0 Å². The minimum Gasteiger partial charge on any atom is -0.483 e. The van der Waals surface area contributed by atoms with Crippen LogP contribution in [0.15, 0.2) is 21.3 Å². The Bertz CT molecular complexity index is 794. The van der Waals surface area contributed by atoms with Crippen molar-refractivity contribution in [3.8, 4) is 5.75 Å². The largest absolute Gasteiger partial charge is 0.483 e. The van der Waals surface area contributed by atoms with Gasteiger partial charge in [0.2, 0.25) is 0 Å². The quantitative estimate of drug-likeness (QED) is 0.817. The summed E-state index contributed by atoms with van der Waals surface area (Å²) in [5.41, 5.74) is 2.23. The molecule has 1 amide bonds. The average molecular weight is 319 g/mol. The van der Waals surface area contributed by atoms with Gasteiger partial charge in [-0.2, -0.15) is 0 Å². The van der Waals surface area contributed by atoms with Crippen LogP contribution < -0.4 is 15.7 Å². The van der Waals surface area contributed by atoms with Crippen molar-refractivity contribution in [2.75, 3.05) is 13.2 Å². The molecule has 0 saturated carbocycles. The lowest BCUT2D eigenvalue weighted by atomic mass is 10.0. The van der Waals surface area contributed by atoms with E-state index in [1.165, 1.54) is 0 Å². The maximum absolute atomic E-state index is 11.8. The zero-order valence-electron chi connectivity index (χ0n) is 13.7. The summed E-state index contributed by atoms with van der Waals surface area (Å²) in [5.74, 6) is 0.156. The molecule has 2 rings (SSSR count). The van der Waals surface area contributed by atoms with Gasteiger partial charge in [0.15, 0.2) is 6.61 Å². The molecule has 0 aliphatic heterocycles. The third kappa shape index (κ3) is 3.53. The third-order valence-electron chi connectivity index (χ3n) is 3.86. The SMILES string of the molecule is Cc1c(C)c2ccc(OCC(=O)NC(C)CO)c(C)c2oc1=O. The van der Waals surface area contributed by atoms with E-state index in [2.05, 4.69) is 5.32 Å². The lowest BCUT2D eigenvalue weighted by molar-refractivity contribution is -0.124. The normalized spacial score (nSPS) is 12.2. The number of aliphatic hydroxyl groups excluding tert-OH is 1. The fourth-order valence-electron chi connectivity index (χ4n) is 2.29. The molecule has 6 nitrogen and oxygen atoms in total. The van der Waals surface area contributed by atoms with Crippen molar-refractivity contribution in [2.45, 2.75) is 33.7 Å². The van der Waals surface area contributed by atoms with Crippen molar-refractivity contribution in [3.05, 3.63) is 39.2 Å². The molecule has 0 saturated heterocycles. The van der Waals surface area contributed by atoms with Gasteiger partial charge in [-0.1, -0.05) is 0 Å². The molecule has 124 valence electrons. The van der Waals surface area contributed by atoms with Crippen molar-refractivity contribution in [1.82, 2.24) is 5.32 Å². The van der Waals surface area contributed by atoms with Crippen LogP contribution in [-0.4, -0.2) is 30.3 Å². The van der Waals surface area contributed by atoms with E-state index in [-0.39, 0.29) is 30.8 Å². The van der Waals surface area contributed by atoms with Gasteiger partial charge in [-0.15, -0.1) is 0 Å². The lowest BCUT2D eigenvalue weighted by Crippen LogP contribution is -2.38. The van der Waals surface area contributed by atoms with E-state index in [0.717, 1.165) is 10.9 Å². The fourth-order valence-corrected chi connectivity index (χ4v) is 2.29. The molecule has 1 aromatic heterocycles. The zero-order valence-corrected chi connectivity index (χ0v) is 13.7. The molecule has 0 radical (unpaired) electrons. The molecule has 1 heterocycles. The number of amides is 1. The number of hydrogen-bond acceptors (Lipinski definition) is 5. The Balaban J connectivity index is 2.26. The second-order valence-electron chi connectivity index (χ2n) is 5.64. The van der Waals surface area contributed by atoms with Crippen molar-refractivity contribution < 1.29 is 19.1 Å². The Labute approximate surface area is 134 Å². The average Bonchev–Trinajstić information content (AvgIpc) is 2.52. The van der Waals surface area contributed by atoms with Gasteiger partial charge >= 0.3 is 5.63 Å². The van der Waals surface area contributed by atoms with Crippen LogP contribution in [0, 0.1) is 20.8 Å². The van der Waals surface area contributed by atoms with E-state index in [1.807, 2.05) is 13.0 Å². The van der Waals surface area contributed by atoms with Crippen LogP contribution in [0.3, 0.4) is 0 Å². The van der Waals surface area contributed by atoms with Crippen LogP contribution in [-0.2, 0) is 4.79 Å². The number of aryl methyl sites for hydroxylation is 2. The summed E-state index contributed by atoms with van der Waals surface area (Å²) in [6.07, 6.45) is 0. The van der Waals surface area contributed by atoms with Crippen molar-refractivity contribution in [1.29, 1.82) is 0 Å². The Kier molecular flexibility index (Phi) is 5.05. The summed E-state index contributed by atoms with van der Waals surface area (Å²) in [6, 6.07) is 3.25. The van der Waals surface area contributed by atoms with E-state index in [1.54, 1.807) is 26.8 Å². The van der Waals surface area contributed by atoms with E-state index in [4.69, 9.17) is 14.3 Å². The van der Waals surface area contributed by atoms with Crippen LogP contribution >= 0.6 is 0 Å². The van der Waals surface area contributed by atoms with Gasteiger partial charge in [-0.05, 0) is 45.4 Å². The summed E-state index contributed by atoms with van der Waals surface area (Å²) in [6.45, 7) is 6.77. The highest BCUT2D eigenvalue weighted by atomic mass is 16.5. The van der Waals surface area contributed by atoms with Gasteiger partial charge in [0.1, 0.15) is 11.3 Å². The number of benzene rings is 1. The van der Waals surface area contributed by atoms with E-state index < -0.39 is 0 Å². The molecular weight excluding hydrogens is 298 g/mol. The highest BCUT2D eigenvalue weighted by molar-refractivity contribution is 5.85. The maximum Gasteiger partial charge on any atom is 0.339 e. The smallest absolute Gasteiger partial charge is 0.339 e. The highest BCUT2D eigenvalue weighted by Crippen LogP contribution is 2.29. The van der Waals surface area contributed by atoms with Gasteiger partial charge in [0, 0.05) is 22.6 Å². The Hall–Kier alpha value is -2.34. The Morgan fingerprint density at radius 2 is 1.96 bits per heavy atom. The predicted octanol–water partition coefficient (Wildman–Crippen LogP) is 1.59. The molecule has 0 aliphatic rings. The van der Waals surface area contributed by atoms with E-state index in [0.29, 0.717) is 22.5 Å². The van der Waals surface area contributed by atoms with Gasteiger partial charge in [0.05, 0.1) is 6.61 Å². The van der Waals surface area contributed by atoms with Gasteiger partial charge < -0.3 is 19.6 Å². The van der Waals surface area contributed by atoms with Crippen LogP contribution in [0.5, 0.6) is 5.75 Å². The fraction of sp³-hybridized carbons (Fsp3) is 0.412. The molecule has 2 N–H and O–H groups in total. The minimum absolute atomic E-state index is 0.134. The number of carbonyl (C=O) groups excluding carboxylic acids is 1. The van der Waals surface area contributed by atoms with Gasteiger partial charge in [-0.3, -0.25) is 4.79 Å². The van der Waals surface area contributed by atoms with Crippen molar-refractivity contribution in [3.63, 3.8) is 0 Å². The zero-order chi connectivity index (χ0) is 17.1. The first-order valence-electron chi connectivity index (χ1n) is 7.41. The maximum atomic E-state index is 11.8. The van der Waals surface area contributed by atoms with E-state index >= 15 is 0 Å². The first kappa shape index (κ1) is 17.0. The minimum atomic E-state index is -0.371. The Morgan fingerprint density at radius 1 is 1.26 bits per heavy atom. The van der Waals surface area contributed by atoms with Crippen LogP contribution in [0.2, 0.25) is 0 Å². The van der Waals surface area contributed by atoms with Gasteiger partial charge in [0.25, 0.3) is 5.91 Å². The molecule has 1 aromatic carbocycles. The molecular formula is C17H21NO5. The molecule has 2 aromatic rings. The second kappa shape index (κ2) is 6.83. The number of fused-ring (bicyclic) bond motifs is 1. The van der Waals surface area contributed by atoms with Crippen molar-refractivity contribution in [2.24, 2.45) is 0 Å². The predicted molar refractivity (Wildman–Crippen MR) is 86.9 cm³/mol. The molecule has 1 atom stereocenters. The molecule has 0 fully saturated rings. The molecule has 1 unspecified atom stereocenters. The topological polar surface area (TPSA) is 88.8 Å². The number of rotatable bonds is 5. The molecule has 6 heteroatoms. The molecule has 0 bridgehead atoms. The summed E-state index contributed by atoms with van der Waals surface area (Å²) in [4.78, 5) is 23.5. The van der Waals surface area contributed by atoms with E-state index in [9.17, 15) is 9.59 Å². The Morgan fingerprint density at radius 3 is 2.61 bits per heavy atom. The standard InChI is InChI=1S/C17H21NO5/c1-9(7-19)18-15(20)8-22-14-6-5-13-10(2)11(3)17(21)23-16(13)12(14)4/h5-6,9,19H,7-8H2,1-4H3,(H,18,20). The van der Waals surface area contributed by atoms with Gasteiger partial charge in [-0.25, -0.2) is 4.79 Å². The first-order chi connectivity index (χ1) is 10.8. The van der Waals surface area contributed by atoms with Crippen LogP contribution in [0.1, 0.15) is 23.6 Å². The number of carbonyl (C=O) groups is 1.